The number of rotatable bonds is 6. The molecule has 0 radical (unpaired) electrons. The number of primary amides is 1. The van der Waals surface area contributed by atoms with E-state index in [1.54, 1.807) is 23.9 Å². The fourth-order valence-electron chi connectivity index (χ4n) is 3.04. The summed E-state index contributed by atoms with van der Waals surface area (Å²) in [6.45, 7) is 4.18. The van der Waals surface area contributed by atoms with Crippen molar-refractivity contribution in [2.24, 2.45) is 5.73 Å². The van der Waals surface area contributed by atoms with Crippen LogP contribution in [0.5, 0.6) is 0 Å². The van der Waals surface area contributed by atoms with E-state index in [0.717, 1.165) is 20.9 Å². The number of fused-ring (bicyclic) bond motifs is 1. The number of aromatic nitrogens is 3. The first kappa shape index (κ1) is 20.6. The van der Waals surface area contributed by atoms with Gasteiger partial charge >= 0.3 is 0 Å². The van der Waals surface area contributed by atoms with E-state index in [0.29, 0.717) is 34.3 Å². The first-order chi connectivity index (χ1) is 14.9. The standard InChI is InChI=1S/C23H22N6OS/c1-13(2)18-9-8-17-22(28-18)26-12-27-23(17)29-19-11-14(21(25)30)3-10-20(19)31-16-6-4-15(24)5-7-16/h3-13H,24H2,1-2H3,(H2,25,30)(H,26,27,28,29). The second kappa shape index (κ2) is 8.61. The van der Waals surface area contributed by atoms with Gasteiger partial charge in [0.15, 0.2) is 5.65 Å². The quantitative estimate of drug-likeness (QED) is 0.378. The van der Waals surface area contributed by atoms with E-state index in [4.69, 9.17) is 11.5 Å². The molecule has 0 unspecified atom stereocenters. The molecule has 31 heavy (non-hydrogen) atoms. The number of amides is 1. The largest absolute Gasteiger partial charge is 0.399 e. The Morgan fingerprint density at radius 2 is 1.81 bits per heavy atom. The van der Waals surface area contributed by atoms with Crippen molar-refractivity contribution in [3.8, 4) is 0 Å². The molecule has 2 aromatic heterocycles. The first-order valence-electron chi connectivity index (χ1n) is 9.76. The molecule has 7 nitrogen and oxygen atoms in total. The van der Waals surface area contributed by atoms with Gasteiger partial charge in [-0.3, -0.25) is 4.79 Å². The van der Waals surface area contributed by atoms with E-state index in [1.807, 2.05) is 42.5 Å². The number of anilines is 3. The Morgan fingerprint density at radius 1 is 1.03 bits per heavy atom. The molecule has 0 aliphatic heterocycles. The highest BCUT2D eigenvalue weighted by atomic mass is 32.2. The van der Waals surface area contributed by atoms with Gasteiger partial charge in [0.05, 0.1) is 11.1 Å². The third-order valence-corrected chi connectivity index (χ3v) is 5.82. The summed E-state index contributed by atoms with van der Waals surface area (Å²) in [5.41, 5.74) is 14.7. The SMILES string of the molecule is CC(C)c1ccc2c(Nc3cc(C(N)=O)ccc3Sc3ccc(N)cc3)ncnc2n1. The van der Waals surface area contributed by atoms with Gasteiger partial charge in [-0.2, -0.15) is 0 Å². The second-order valence-corrected chi connectivity index (χ2v) is 8.47. The van der Waals surface area contributed by atoms with Crippen LogP contribution in [0.4, 0.5) is 17.2 Å². The summed E-state index contributed by atoms with van der Waals surface area (Å²) >= 11 is 1.55. The minimum Gasteiger partial charge on any atom is -0.399 e. The molecule has 2 aromatic carbocycles. The molecule has 0 atom stereocenters. The van der Waals surface area contributed by atoms with Crippen LogP contribution in [-0.4, -0.2) is 20.9 Å². The monoisotopic (exact) mass is 430 g/mol. The number of carbonyl (C=O) groups excluding carboxylic acids is 1. The molecule has 0 spiro atoms. The lowest BCUT2D eigenvalue weighted by Crippen LogP contribution is -2.11. The topological polar surface area (TPSA) is 120 Å². The second-order valence-electron chi connectivity index (χ2n) is 7.36. The van der Waals surface area contributed by atoms with Crippen LogP contribution in [-0.2, 0) is 0 Å². The zero-order chi connectivity index (χ0) is 22.0. The van der Waals surface area contributed by atoms with Gasteiger partial charge in [-0.05, 0) is 60.5 Å². The summed E-state index contributed by atoms with van der Waals surface area (Å²) in [6.07, 6.45) is 1.48. The predicted molar refractivity (Wildman–Crippen MR) is 125 cm³/mol. The maximum Gasteiger partial charge on any atom is 0.248 e. The van der Waals surface area contributed by atoms with Crippen LogP contribution >= 0.6 is 11.8 Å². The summed E-state index contributed by atoms with van der Waals surface area (Å²) in [6, 6.07) is 16.8. The number of nitrogens with one attached hydrogen (secondary N) is 1. The van der Waals surface area contributed by atoms with Crippen LogP contribution in [0.2, 0.25) is 0 Å². The van der Waals surface area contributed by atoms with E-state index in [1.165, 1.54) is 6.33 Å². The molecular formula is C23H22N6OS. The third-order valence-electron chi connectivity index (χ3n) is 4.74. The lowest BCUT2D eigenvalue weighted by Gasteiger charge is -2.14. The van der Waals surface area contributed by atoms with Crippen molar-refractivity contribution < 1.29 is 4.79 Å². The average Bonchev–Trinajstić information content (AvgIpc) is 2.76. The molecule has 0 aliphatic carbocycles. The van der Waals surface area contributed by atoms with Crippen molar-refractivity contribution in [3.05, 3.63) is 72.2 Å². The van der Waals surface area contributed by atoms with E-state index in [9.17, 15) is 4.79 Å². The van der Waals surface area contributed by atoms with E-state index >= 15 is 0 Å². The molecule has 0 saturated heterocycles. The summed E-state index contributed by atoms with van der Waals surface area (Å²) in [7, 11) is 0. The molecular weight excluding hydrogens is 408 g/mol. The third kappa shape index (κ3) is 4.59. The van der Waals surface area contributed by atoms with Crippen LogP contribution in [0.15, 0.2) is 70.7 Å². The van der Waals surface area contributed by atoms with Gasteiger partial charge in [0, 0.05) is 26.7 Å². The molecule has 0 saturated carbocycles. The molecule has 0 bridgehead atoms. The zero-order valence-corrected chi connectivity index (χ0v) is 18.0. The predicted octanol–water partition coefficient (Wildman–Crippen LogP) is 4.72. The van der Waals surface area contributed by atoms with Crippen LogP contribution in [0.25, 0.3) is 11.0 Å². The number of nitrogens with zero attached hydrogens (tertiary/aromatic N) is 3. The van der Waals surface area contributed by atoms with Gasteiger partial charge < -0.3 is 16.8 Å². The Kier molecular flexibility index (Phi) is 5.73. The molecule has 4 rings (SSSR count). The number of pyridine rings is 1. The highest BCUT2D eigenvalue weighted by molar-refractivity contribution is 7.99. The van der Waals surface area contributed by atoms with Crippen molar-refractivity contribution in [3.63, 3.8) is 0 Å². The van der Waals surface area contributed by atoms with E-state index in [2.05, 4.69) is 34.1 Å². The van der Waals surface area contributed by atoms with Gasteiger partial charge in [-0.1, -0.05) is 25.6 Å². The summed E-state index contributed by atoms with van der Waals surface area (Å²) in [4.78, 5) is 27.1. The van der Waals surface area contributed by atoms with E-state index in [-0.39, 0.29) is 0 Å². The zero-order valence-electron chi connectivity index (χ0n) is 17.2. The van der Waals surface area contributed by atoms with Crippen molar-refractivity contribution in [2.45, 2.75) is 29.6 Å². The molecule has 5 N–H and O–H groups in total. The average molecular weight is 431 g/mol. The Morgan fingerprint density at radius 3 is 2.52 bits per heavy atom. The maximum atomic E-state index is 11.8. The first-order valence-corrected chi connectivity index (χ1v) is 10.6. The number of hydrogen-bond donors (Lipinski definition) is 3. The smallest absolute Gasteiger partial charge is 0.248 e. The minimum absolute atomic E-state index is 0.297. The Balaban J connectivity index is 1.75. The number of benzene rings is 2. The molecule has 156 valence electrons. The molecule has 2 heterocycles. The fourth-order valence-corrected chi connectivity index (χ4v) is 3.92. The van der Waals surface area contributed by atoms with Gasteiger partial charge in [0.25, 0.3) is 0 Å². The Hall–Kier alpha value is -3.65. The van der Waals surface area contributed by atoms with Crippen LogP contribution in [0.3, 0.4) is 0 Å². The van der Waals surface area contributed by atoms with Crippen LogP contribution in [0.1, 0.15) is 35.8 Å². The van der Waals surface area contributed by atoms with Gasteiger partial charge in [0.2, 0.25) is 5.91 Å². The molecule has 0 aliphatic rings. The van der Waals surface area contributed by atoms with Gasteiger partial charge in [0.1, 0.15) is 12.1 Å². The summed E-state index contributed by atoms with van der Waals surface area (Å²) < 4.78 is 0. The highest BCUT2D eigenvalue weighted by Crippen LogP contribution is 2.36. The normalized spacial score (nSPS) is 11.1. The maximum absolute atomic E-state index is 11.8. The van der Waals surface area contributed by atoms with Crippen molar-refractivity contribution in [1.82, 2.24) is 15.0 Å². The lowest BCUT2D eigenvalue weighted by atomic mass is 10.1. The number of carbonyl (C=O) groups is 1. The Bertz CT molecular complexity index is 1260. The summed E-state index contributed by atoms with van der Waals surface area (Å²) in [5.74, 6) is 0.405. The number of nitrogens with two attached hydrogens (primary N) is 2. The highest BCUT2D eigenvalue weighted by Gasteiger charge is 2.13. The Labute approximate surface area is 184 Å². The molecule has 0 fully saturated rings. The van der Waals surface area contributed by atoms with Crippen molar-refractivity contribution in [1.29, 1.82) is 0 Å². The molecule has 4 aromatic rings. The fraction of sp³-hybridized carbons (Fsp3) is 0.130. The summed E-state index contributed by atoms with van der Waals surface area (Å²) in [5, 5.41) is 4.14. The number of hydrogen-bond acceptors (Lipinski definition) is 7. The van der Waals surface area contributed by atoms with Gasteiger partial charge in [-0.25, -0.2) is 15.0 Å². The molecule has 1 amide bonds. The number of nitrogen functional groups attached to an aromatic ring is 1. The van der Waals surface area contributed by atoms with Crippen LogP contribution in [0, 0.1) is 0 Å². The lowest BCUT2D eigenvalue weighted by molar-refractivity contribution is 0.100. The van der Waals surface area contributed by atoms with Crippen molar-refractivity contribution in [2.75, 3.05) is 11.1 Å². The van der Waals surface area contributed by atoms with E-state index < -0.39 is 5.91 Å². The molecule has 8 heteroatoms. The minimum atomic E-state index is -0.497. The van der Waals surface area contributed by atoms with Crippen LogP contribution < -0.4 is 16.8 Å². The van der Waals surface area contributed by atoms with Gasteiger partial charge in [-0.15, -0.1) is 0 Å². The van der Waals surface area contributed by atoms with Crippen molar-refractivity contribution >= 4 is 45.9 Å².